The highest BCUT2D eigenvalue weighted by atomic mass is 32.1. The number of rotatable bonds is 10. The molecule has 0 spiro atoms. The zero-order chi connectivity index (χ0) is 14.8. The van der Waals surface area contributed by atoms with E-state index in [1.54, 1.807) is 0 Å². The molecule has 0 fully saturated rings. The summed E-state index contributed by atoms with van der Waals surface area (Å²) in [4.78, 5) is 2.61. The number of nitrogens with zero attached hydrogens (tertiary/aromatic N) is 1. The van der Waals surface area contributed by atoms with Crippen LogP contribution in [0, 0.1) is 0 Å². The van der Waals surface area contributed by atoms with E-state index in [0.717, 1.165) is 37.2 Å². The quantitative estimate of drug-likeness (QED) is 0.645. The molecule has 0 saturated carbocycles. The molecule has 3 N–H and O–H groups in total. The number of unbranched alkanes of at least 4 members (excludes halogenated alkanes) is 1. The van der Waals surface area contributed by atoms with Crippen LogP contribution in [0.4, 0.5) is 0 Å². The van der Waals surface area contributed by atoms with E-state index in [1.165, 1.54) is 0 Å². The van der Waals surface area contributed by atoms with Crippen molar-refractivity contribution in [1.29, 1.82) is 0 Å². The molecule has 20 heavy (non-hydrogen) atoms. The normalized spacial score (nSPS) is 10.8. The number of benzene rings is 1. The van der Waals surface area contributed by atoms with Crippen LogP contribution in [0.1, 0.15) is 25.3 Å². The fourth-order valence-electron chi connectivity index (χ4n) is 1.87. The highest BCUT2D eigenvalue weighted by Gasteiger charge is 2.04. The summed E-state index contributed by atoms with van der Waals surface area (Å²) >= 11 is 4.90. The second-order valence-corrected chi connectivity index (χ2v) is 5.10. The Hall–Kier alpha value is -1.17. The van der Waals surface area contributed by atoms with E-state index in [-0.39, 0.29) is 6.61 Å². The number of hydrogen-bond donors (Lipinski definition) is 2. The first-order valence-electron chi connectivity index (χ1n) is 7.03. The topological polar surface area (TPSA) is 58.7 Å². The van der Waals surface area contributed by atoms with Crippen molar-refractivity contribution in [3.8, 4) is 5.75 Å². The van der Waals surface area contributed by atoms with Gasteiger partial charge >= 0.3 is 0 Å². The van der Waals surface area contributed by atoms with Crippen LogP contribution in [0.3, 0.4) is 0 Å². The fourth-order valence-corrected chi connectivity index (χ4v) is 2.00. The molecule has 5 heteroatoms. The molecule has 0 saturated heterocycles. The summed E-state index contributed by atoms with van der Waals surface area (Å²) in [6, 6.07) is 7.47. The van der Waals surface area contributed by atoms with Gasteiger partial charge in [0.1, 0.15) is 17.3 Å². The van der Waals surface area contributed by atoms with Gasteiger partial charge in [0.25, 0.3) is 0 Å². The lowest BCUT2D eigenvalue weighted by Crippen LogP contribution is -2.32. The number of hydrogen-bond acceptors (Lipinski definition) is 4. The van der Waals surface area contributed by atoms with Crippen LogP contribution in [0.2, 0.25) is 0 Å². The van der Waals surface area contributed by atoms with Gasteiger partial charge in [-0.15, -0.1) is 0 Å². The van der Waals surface area contributed by atoms with Crippen LogP contribution in [0.25, 0.3) is 0 Å². The van der Waals surface area contributed by atoms with Gasteiger partial charge in [-0.25, -0.2) is 0 Å². The van der Waals surface area contributed by atoms with Gasteiger partial charge in [-0.3, -0.25) is 4.90 Å². The Morgan fingerprint density at radius 3 is 2.50 bits per heavy atom. The van der Waals surface area contributed by atoms with Gasteiger partial charge in [-0.2, -0.15) is 0 Å². The molecule has 0 heterocycles. The molecule has 0 amide bonds. The molecule has 0 radical (unpaired) electrons. The van der Waals surface area contributed by atoms with E-state index in [2.05, 4.69) is 11.8 Å². The van der Waals surface area contributed by atoms with E-state index < -0.39 is 0 Å². The van der Waals surface area contributed by atoms with Gasteiger partial charge in [-0.1, -0.05) is 25.6 Å². The largest absolute Gasteiger partial charge is 0.492 e. The molecule has 112 valence electrons. The van der Waals surface area contributed by atoms with Crippen LogP contribution in [-0.2, 0) is 0 Å². The molecule has 1 aromatic rings. The van der Waals surface area contributed by atoms with Crippen LogP contribution < -0.4 is 10.5 Å². The van der Waals surface area contributed by atoms with Crippen molar-refractivity contribution in [2.45, 2.75) is 19.8 Å². The average Bonchev–Trinajstić information content (AvgIpc) is 2.45. The van der Waals surface area contributed by atoms with Gasteiger partial charge < -0.3 is 15.6 Å². The lowest BCUT2D eigenvalue weighted by molar-refractivity contribution is 0.167. The number of nitrogens with two attached hydrogens (primary N) is 1. The number of aliphatic hydroxyl groups excluding tert-OH is 1. The maximum Gasteiger partial charge on any atom is 0.119 e. The summed E-state index contributed by atoms with van der Waals surface area (Å²) in [6.45, 7) is 5.47. The summed E-state index contributed by atoms with van der Waals surface area (Å²) in [6.07, 6.45) is 2.30. The van der Waals surface area contributed by atoms with Gasteiger partial charge in [0.05, 0.1) is 6.61 Å². The lowest BCUT2D eigenvalue weighted by Gasteiger charge is -2.21. The van der Waals surface area contributed by atoms with Crippen LogP contribution in [-0.4, -0.2) is 47.8 Å². The van der Waals surface area contributed by atoms with E-state index in [4.69, 9.17) is 27.8 Å². The number of aliphatic hydroxyl groups is 1. The molecule has 0 aliphatic carbocycles. The Balaban J connectivity index is 2.35. The highest BCUT2D eigenvalue weighted by Crippen LogP contribution is 2.12. The molecule has 4 nitrogen and oxygen atoms in total. The van der Waals surface area contributed by atoms with Crippen molar-refractivity contribution in [2.75, 3.05) is 32.8 Å². The molecule has 1 aromatic carbocycles. The van der Waals surface area contributed by atoms with Gasteiger partial charge in [0.15, 0.2) is 0 Å². The van der Waals surface area contributed by atoms with Crippen molar-refractivity contribution >= 4 is 17.2 Å². The maximum absolute atomic E-state index is 9.03. The molecule has 0 atom stereocenters. The third-order valence-corrected chi connectivity index (χ3v) is 3.29. The van der Waals surface area contributed by atoms with Crippen molar-refractivity contribution < 1.29 is 9.84 Å². The minimum Gasteiger partial charge on any atom is -0.492 e. The second-order valence-electron chi connectivity index (χ2n) is 4.66. The third-order valence-electron chi connectivity index (χ3n) is 3.06. The molecule has 0 aliphatic heterocycles. The van der Waals surface area contributed by atoms with E-state index in [9.17, 15) is 0 Å². The summed E-state index contributed by atoms with van der Waals surface area (Å²) in [7, 11) is 0. The molecule has 0 aromatic heterocycles. The number of thiocarbonyl (C=S) groups is 1. The average molecular weight is 296 g/mol. The SMILES string of the molecule is CCCCN(CCO)CCOc1ccc(C(N)=S)cc1. The Kier molecular flexibility index (Phi) is 8.18. The van der Waals surface area contributed by atoms with Crippen molar-refractivity contribution in [2.24, 2.45) is 5.73 Å². The minimum atomic E-state index is 0.187. The van der Waals surface area contributed by atoms with Crippen molar-refractivity contribution in [3.05, 3.63) is 29.8 Å². The molecular formula is C15H24N2O2S. The van der Waals surface area contributed by atoms with Crippen molar-refractivity contribution in [1.82, 2.24) is 4.90 Å². The third kappa shape index (κ3) is 6.32. The Bertz CT molecular complexity index is 395. The molecular weight excluding hydrogens is 272 g/mol. The first-order chi connectivity index (χ1) is 9.67. The number of ether oxygens (including phenoxy) is 1. The Labute approximate surface area is 126 Å². The summed E-state index contributed by atoms with van der Waals surface area (Å²) in [5.41, 5.74) is 6.39. The highest BCUT2D eigenvalue weighted by molar-refractivity contribution is 7.80. The first-order valence-corrected chi connectivity index (χ1v) is 7.44. The molecule has 1 rings (SSSR count). The molecule has 0 bridgehead atoms. The zero-order valence-electron chi connectivity index (χ0n) is 12.0. The smallest absolute Gasteiger partial charge is 0.119 e. The van der Waals surface area contributed by atoms with Gasteiger partial charge in [0, 0.05) is 18.7 Å². The van der Waals surface area contributed by atoms with Crippen molar-refractivity contribution in [3.63, 3.8) is 0 Å². The molecule has 0 aliphatic rings. The Morgan fingerprint density at radius 1 is 1.25 bits per heavy atom. The van der Waals surface area contributed by atoms with E-state index in [1.807, 2.05) is 24.3 Å². The predicted molar refractivity (Wildman–Crippen MR) is 86.3 cm³/mol. The van der Waals surface area contributed by atoms with E-state index in [0.29, 0.717) is 18.1 Å². The van der Waals surface area contributed by atoms with Crippen LogP contribution >= 0.6 is 12.2 Å². The second kappa shape index (κ2) is 9.69. The van der Waals surface area contributed by atoms with Crippen LogP contribution in [0.5, 0.6) is 5.75 Å². The zero-order valence-corrected chi connectivity index (χ0v) is 12.9. The fraction of sp³-hybridized carbons (Fsp3) is 0.533. The summed E-state index contributed by atoms with van der Waals surface area (Å²) in [5.74, 6) is 0.810. The first kappa shape index (κ1) is 16.9. The van der Waals surface area contributed by atoms with Gasteiger partial charge in [0.2, 0.25) is 0 Å². The summed E-state index contributed by atoms with van der Waals surface area (Å²) in [5, 5.41) is 9.03. The summed E-state index contributed by atoms with van der Waals surface area (Å²) < 4.78 is 5.69. The monoisotopic (exact) mass is 296 g/mol. The lowest BCUT2D eigenvalue weighted by atomic mass is 10.2. The predicted octanol–water partition coefficient (Wildman–Crippen LogP) is 1.79. The maximum atomic E-state index is 9.03. The Morgan fingerprint density at radius 2 is 1.95 bits per heavy atom. The minimum absolute atomic E-state index is 0.187. The van der Waals surface area contributed by atoms with Crippen LogP contribution in [0.15, 0.2) is 24.3 Å². The molecule has 0 unspecified atom stereocenters. The van der Waals surface area contributed by atoms with E-state index >= 15 is 0 Å². The van der Waals surface area contributed by atoms with Gasteiger partial charge in [-0.05, 0) is 37.2 Å². The standard InChI is InChI=1S/C15H24N2O2S/c1-2-3-8-17(9-11-18)10-12-19-14-6-4-13(5-7-14)15(16)20/h4-7,18H,2-3,8-12H2,1H3,(H2,16,20).